The summed E-state index contributed by atoms with van der Waals surface area (Å²) in [6, 6.07) is 6.81. The second-order valence-corrected chi connectivity index (χ2v) is 5.82. The number of anilines is 2. The Morgan fingerprint density at radius 2 is 1.60 bits per heavy atom. The Bertz CT molecular complexity index is 840. The lowest BCUT2D eigenvalue weighted by molar-refractivity contribution is -0.394. The van der Waals surface area contributed by atoms with Gasteiger partial charge in [-0.1, -0.05) is 15.9 Å². The van der Waals surface area contributed by atoms with Crippen LogP contribution in [0.25, 0.3) is 0 Å². The second kappa shape index (κ2) is 6.67. The third-order valence-electron chi connectivity index (χ3n) is 3.34. The summed E-state index contributed by atoms with van der Waals surface area (Å²) in [6.07, 6.45) is -5.02. The van der Waals surface area contributed by atoms with E-state index in [1.54, 1.807) is 12.1 Å². The first-order valence-corrected chi connectivity index (χ1v) is 7.35. The normalized spacial score (nSPS) is 11.2. The van der Waals surface area contributed by atoms with Crippen LogP contribution in [0.1, 0.15) is 5.56 Å². The molecule has 0 aliphatic heterocycles. The zero-order chi connectivity index (χ0) is 18.9. The molecule has 11 heteroatoms. The zero-order valence-electron chi connectivity index (χ0n) is 12.5. The minimum absolute atomic E-state index is 0.241. The first-order chi connectivity index (χ1) is 11.5. The predicted octanol–water partition coefficient (Wildman–Crippen LogP) is 5.05. The van der Waals surface area contributed by atoms with Gasteiger partial charge in [0, 0.05) is 23.3 Å². The van der Waals surface area contributed by atoms with Crippen LogP contribution in [0, 0.1) is 20.2 Å². The van der Waals surface area contributed by atoms with E-state index in [4.69, 9.17) is 0 Å². The number of nitro groups is 2. The lowest BCUT2D eigenvalue weighted by Gasteiger charge is -2.23. The van der Waals surface area contributed by atoms with Crippen molar-refractivity contribution in [2.75, 3.05) is 11.9 Å². The molecule has 7 nitrogen and oxygen atoms in total. The minimum Gasteiger partial charge on any atom is -0.339 e. The fourth-order valence-corrected chi connectivity index (χ4v) is 2.48. The van der Waals surface area contributed by atoms with Crippen LogP contribution < -0.4 is 4.90 Å². The van der Waals surface area contributed by atoms with Crippen molar-refractivity contribution in [2.45, 2.75) is 6.18 Å². The summed E-state index contributed by atoms with van der Waals surface area (Å²) in [7, 11) is 1.21. The Kier molecular flexibility index (Phi) is 4.97. The number of hydrogen-bond donors (Lipinski definition) is 0. The predicted molar refractivity (Wildman–Crippen MR) is 87.0 cm³/mol. The fraction of sp³-hybridized carbons (Fsp3) is 0.143. The molecule has 0 aliphatic carbocycles. The van der Waals surface area contributed by atoms with Crippen molar-refractivity contribution in [3.05, 3.63) is 66.7 Å². The summed E-state index contributed by atoms with van der Waals surface area (Å²) in [5.41, 5.74) is -4.01. The van der Waals surface area contributed by atoms with Gasteiger partial charge in [0.2, 0.25) is 0 Å². The van der Waals surface area contributed by atoms with Gasteiger partial charge in [-0.05, 0) is 24.3 Å². The highest BCUT2D eigenvalue weighted by molar-refractivity contribution is 9.10. The quantitative estimate of drug-likeness (QED) is 0.510. The number of non-ortho nitro benzene ring substituents is 1. The number of benzene rings is 2. The molecule has 0 bridgehead atoms. The van der Waals surface area contributed by atoms with Gasteiger partial charge >= 0.3 is 6.18 Å². The zero-order valence-corrected chi connectivity index (χ0v) is 14.0. The first kappa shape index (κ1) is 18.6. The van der Waals surface area contributed by atoms with Gasteiger partial charge in [-0.2, -0.15) is 13.2 Å². The SMILES string of the molecule is CN(c1ccc(Br)cc1)c1c([N+](=O)[O-])cc([N+](=O)[O-])cc1C(F)(F)F. The van der Waals surface area contributed by atoms with Gasteiger partial charge in [0.15, 0.2) is 0 Å². The molecule has 25 heavy (non-hydrogen) atoms. The molecule has 0 heterocycles. The van der Waals surface area contributed by atoms with Gasteiger partial charge in [0.05, 0.1) is 21.5 Å². The van der Waals surface area contributed by atoms with Crippen LogP contribution in [0.3, 0.4) is 0 Å². The highest BCUT2D eigenvalue weighted by atomic mass is 79.9. The molecule has 132 valence electrons. The Balaban J connectivity index is 2.79. The maximum Gasteiger partial charge on any atom is 0.418 e. The van der Waals surface area contributed by atoms with Crippen LogP contribution in [0.4, 0.5) is 35.9 Å². The van der Waals surface area contributed by atoms with E-state index in [0.29, 0.717) is 10.5 Å². The van der Waals surface area contributed by atoms with Crippen LogP contribution in [-0.2, 0) is 6.18 Å². The topological polar surface area (TPSA) is 89.5 Å². The minimum atomic E-state index is -5.02. The summed E-state index contributed by atoms with van der Waals surface area (Å²) >= 11 is 3.18. The van der Waals surface area contributed by atoms with Crippen LogP contribution in [0.5, 0.6) is 0 Å². The maximum atomic E-state index is 13.4. The summed E-state index contributed by atoms with van der Waals surface area (Å²) < 4.78 is 40.9. The Morgan fingerprint density at radius 1 is 1.04 bits per heavy atom. The van der Waals surface area contributed by atoms with Crippen molar-refractivity contribution >= 4 is 38.7 Å². The molecular formula is C14H9BrF3N3O4. The first-order valence-electron chi connectivity index (χ1n) is 6.55. The molecule has 2 rings (SSSR count). The molecule has 2 aromatic carbocycles. The van der Waals surface area contributed by atoms with Crippen LogP contribution in [0.2, 0.25) is 0 Å². The Hall–Kier alpha value is -2.69. The van der Waals surface area contributed by atoms with Crippen molar-refractivity contribution in [3.8, 4) is 0 Å². The van der Waals surface area contributed by atoms with Crippen LogP contribution in [-0.4, -0.2) is 16.9 Å². The van der Waals surface area contributed by atoms with E-state index in [9.17, 15) is 33.4 Å². The molecule has 0 aromatic heterocycles. The van der Waals surface area contributed by atoms with E-state index >= 15 is 0 Å². The monoisotopic (exact) mass is 419 g/mol. The van der Waals surface area contributed by atoms with Crippen LogP contribution >= 0.6 is 15.9 Å². The summed E-state index contributed by atoms with van der Waals surface area (Å²) in [5, 5.41) is 22.1. The summed E-state index contributed by atoms with van der Waals surface area (Å²) in [4.78, 5) is 20.9. The molecule has 2 aromatic rings. The Morgan fingerprint density at radius 3 is 2.04 bits per heavy atom. The highest BCUT2D eigenvalue weighted by Crippen LogP contribution is 2.45. The molecule has 0 N–H and O–H groups in total. The molecule has 0 atom stereocenters. The van der Waals surface area contributed by atoms with Crippen molar-refractivity contribution in [3.63, 3.8) is 0 Å². The summed E-state index contributed by atoms with van der Waals surface area (Å²) in [5.74, 6) is 0. The Labute approximate surface area is 147 Å². The second-order valence-electron chi connectivity index (χ2n) is 4.91. The fourth-order valence-electron chi connectivity index (χ4n) is 2.21. The van der Waals surface area contributed by atoms with E-state index in [1.165, 1.54) is 19.2 Å². The molecule has 0 aliphatic rings. The standard InChI is InChI=1S/C14H9BrF3N3O4/c1-19(9-4-2-8(15)3-5-9)13-11(14(16,17)18)6-10(20(22)23)7-12(13)21(24)25/h2-7H,1H3. The molecule has 0 spiro atoms. The number of hydrogen-bond acceptors (Lipinski definition) is 5. The summed E-state index contributed by atoms with van der Waals surface area (Å²) in [6.45, 7) is 0. The van der Waals surface area contributed by atoms with Crippen molar-refractivity contribution in [1.82, 2.24) is 0 Å². The van der Waals surface area contributed by atoms with E-state index in [-0.39, 0.29) is 11.8 Å². The lowest BCUT2D eigenvalue weighted by atomic mass is 10.1. The third-order valence-corrected chi connectivity index (χ3v) is 3.87. The molecule has 0 fully saturated rings. The third kappa shape index (κ3) is 3.87. The van der Waals surface area contributed by atoms with Gasteiger partial charge in [-0.25, -0.2) is 0 Å². The largest absolute Gasteiger partial charge is 0.418 e. The van der Waals surface area contributed by atoms with Gasteiger partial charge in [0.25, 0.3) is 11.4 Å². The maximum absolute atomic E-state index is 13.4. The van der Waals surface area contributed by atoms with Gasteiger partial charge < -0.3 is 4.90 Å². The highest BCUT2D eigenvalue weighted by Gasteiger charge is 2.41. The number of nitrogens with zero attached hydrogens (tertiary/aromatic N) is 3. The van der Waals surface area contributed by atoms with Gasteiger partial charge in [-0.15, -0.1) is 0 Å². The van der Waals surface area contributed by atoms with Gasteiger partial charge in [-0.3, -0.25) is 20.2 Å². The van der Waals surface area contributed by atoms with Crippen molar-refractivity contribution < 1.29 is 23.0 Å². The lowest BCUT2D eigenvalue weighted by Crippen LogP contribution is -2.18. The number of rotatable bonds is 4. The molecule has 0 radical (unpaired) electrons. The van der Waals surface area contributed by atoms with Crippen LogP contribution in [0.15, 0.2) is 40.9 Å². The molecule has 0 amide bonds. The molecule has 0 saturated carbocycles. The van der Waals surface area contributed by atoms with Crippen molar-refractivity contribution in [2.24, 2.45) is 0 Å². The number of alkyl halides is 3. The van der Waals surface area contributed by atoms with Gasteiger partial charge in [0.1, 0.15) is 5.69 Å². The number of nitro benzene ring substituents is 2. The average molecular weight is 420 g/mol. The van der Waals surface area contributed by atoms with E-state index in [2.05, 4.69) is 15.9 Å². The molecule has 0 saturated heterocycles. The molecular weight excluding hydrogens is 411 g/mol. The molecule has 0 unspecified atom stereocenters. The van der Waals surface area contributed by atoms with E-state index in [1.807, 2.05) is 0 Å². The van der Waals surface area contributed by atoms with Crippen molar-refractivity contribution in [1.29, 1.82) is 0 Å². The number of halogens is 4. The smallest absolute Gasteiger partial charge is 0.339 e. The van der Waals surface area contributed by atoms with E-state index in [0.717, 1.165) is 4.90 Å². The van der Waals surface area contributed by atoms with E-state index < -0.39 is 38.6 Å². The average Bonchev–Trinajstić information content (AvgIpc) is 2.52.